The second-order valence-corrected chi connectivity index (χ2v) is 7.68. The van der Waals surface area contributed by atoms with Crippen LogP contribution in [0.3, 0.4) is 0 Å². The van der Waals surface area contributed by atoms with Gasteiger partial charge in [0.05, 0.1) is 0 Å². The molecule has 21 heavy (non-hydrogen) atoms. The maximum absolute atomic E-state index is 4.58. The van der Waals surface area contributed by atoms with Gasteiger partial charge in [0.15, 0.2) is 0 Å². The fourth-order valence-electron chi connectivity index (χ4n) is 3.18. The first-order valence-electron chi connectivity index (χ1n) is 8.25. The third-order valence-corrected chi connectivity index (χ3v) is 4.52. The molecule has 0 aromatic carbocycles. The van der Waals surface area contributed by atoms with Gasteiger partial charge in [-0.15, -0.1) is 0 Å². The second-order valence-electron chi connectivity index (χ2n) is 7.68. The van der Waals surface area contributed by atoms with E-state index >= 15 is 0 Å². The topological polar surface area (TPSA) is 28.2 Å². The van der Waals surface area contributed by atoms with Crippen molar-refractivity contribution in [3.05, 3.63) is 23.4 Å². The fraction of sp³-hybridized carbons (Fsp3) is 0.722. The van der Waals surface area contributed by atoms with Crippen molar-refractivity contribution in [3.63, 3.8) is 0 Å². The number of aromatic nitrogens is 1. The molecule has 0 atom stereocenters. The van der Waals surface area contributed by atoms with Gasteiger partial charge in [0.25, 0.3) is 0 Å². The molecule has 1 fully saturated rings. The summed E-state index contributed by atoms with van der Waals surface area (Å²) in [4.78, 5) is 7.13. The Morgan fingerprint density at radius 3 is 2.38 bits per heavy atom. The number of pyridine rings is 1. The summed E-state index contributed by atoms with van der Waals surface area (Å²) in [6, 6.07) is 3.46. The number of hydrogen-bond donors (Lipinski definition) is 1. The molecule has 2 heterocycles. The standard InChI is InChI=1S/C18H31N3/c1-13(2)21-9-7-15(8-10-21)20-17-11-16(18(4,5)6)14(3)12-19-17/h11-13,15H,7-10H2,1-6H3,(H,19,20). The lowest BCUT2D eigenvalue weighted by Crippen LogP contribution is -2.42. The molecule has 0 saturated carbocycles. The highest BCUT2D eigenvalue weighted by atomic mass is 15.2. The van der Waals surface area contributed by atoms with Gasteiger partial charge in [-0.3, -0.25) is 0 Å². The highest BCUT2D eigenvalue weighted by Crippen LogP contribution is 2.27. The normalized spacial score (nSPS) is 18.2. The maximum Gasteiger partial charge on any atom is 0.126 e. The summed E-state index contributed by atoms with van der Waals surface area (Å²) in [5.74, 6) is 1.04. The first-order chi connectivity index (χ1) is 9.77. The second kappa shape index (κ2) is 6.35. The summed E-state index contributed by atoms with van der Waals surface area (Å²) in [7, 11) is 0. The van der Waals surface area contributed by atoms with Gasteiger partial charge >= 0.3 is 0 Å². The molecule has 3 heteroatoms. The molecule has 1 aromatic rings. The highest BCUT2D eigenvalue weighted by Gasteiger charge is 2.22. The summed E-state index contributed by atoms with van der Waals surface area (Å²) >= 11 is 0. The number of nitrogens with zero attached hydrogens (tertiary/aromatic N) is 2. The molecule has 1 N–H and O–H groups in total. The summed E-state index contributed by atoms with van der Waals surface area (Å²) < 4.78 is 0. The molecule has 0 bridgehead atoms. The zero-order valence-corrected chi connectivity index (χ0v) is 14.5. The summed E-state index contributed by atoms with van der Waals surface area (Å²) in [6.07, 6.45) is 4.42. The average Bonchev–Trinajstić information content (AvgIpc) is 2.40. The molecule has 1 aromatic heterocycles. The maximum atomic E-state index is 4.58. The van der Waals surface area contributed by atoms with Crippen LogP contribution in [-0.2, 0) is 5.41 Å². The molecule has 0 radical (unpaired) electrons. The number of likely N-dealkylation sites (tertiary alicyclic amines) is 1. The van der Waals surface area contributed by atoms with Crippen LogP contribution in [0, 0.1) is 6.92 Å². The van der Waals surface area contributed by atoms with Gasteiger partial charge in [-0.2, -0.15) is 0 Å². The molecular weight excluding hydrogens is 258 g/mol. The van der Waals surface area contributed by atoms with Crippen LogP contribution in [0.4, 0.5) is 5.82 Å². The zero-order valence-electron chi connectivity index (χ0n) is 14.5. The van der Waals surface area contributed by atoms with E-state index in [9.17, 15) is 0 Å². The van der Waals surface area contributed by atoms with Crippen molar-refractivity contribution in [2.24, 2.45) is 0 Å². The van der Waals surface area contributed by atoms with Crippen molar-refractivity contribution in [1.29, 1.82) is 0 Å². The van der Waals surface area contributed by atoms with Gasteiger partial charge in [0, 0.05) is 31.4 Å². The van der Waals surface area contributed by atoms with Crippen LogP contribution < -0.4 is 5.32 Å². The lowest BCUT2D eigenvalue weighted by atomic mass is 9.85. The Morgan fingerprint density at radius 1 is 1.24 bits per heavy atom. The van der Waals surface area contributed by atoms with Crippen molar-refractivity contribution in [1.82, 2.24) is 9.88 Å². The molecule has 118 valence electrons. The van der Waals surface area contributed by atoms with Crippen LogP contribution in [0.2, 0.25) is 0 Å². The minimum atomic E-state index is 0.171. The monoisotopic (exact) mass is 289 g/mol. The van der Waals surface area contributed by atoms with Crippen LogP contribution >= 0.6 is 0 Å². The van der Waals surface area contributed by atoms with Crippen LogP contribution in [0.5, 0.6) is 0 Å². The summed E-state index contributed by atoms with van der Waals surface area (Å²) in [6.45, 7) is 15.9. The molecule has 0 unspecified atom stereocenters. The Labute approximate surface area is 130 Å². The van der Waals surface area contributed by atoms with Crippen LogP contribution in [0.15, 0.2) is 12.3 Å². The first-order valence-corrected chi connectivity index (χ1v) is 8.25. The largest absolute Gasteiger partial charge is 0.367 e. The number of rotatable bonds is 3. The number of anilines is 1. The number of hydrogen-bond acceptors (Lipinski definition) is 3. The summed E-state index contributed by atoms with van der Waals surface area (Å²) in [5.41, 5.74) is 2.84. The van der Waals surface area contributed by atoms with Crippen molar-refractivity contribution in [2.75, 3.05) is 18.4 Å². The minimum absolute atomic E-state index is 0.171. The first kappa shape index (κ1) is 16.3. The van der Waals surface area contributed by atoms with Gasteiger partial charge in [-0.25, -0.2) is 4.98 Å². The number of aryl methyl sites for hydroxylation is 1. The molecule has 3 nitrogen and oxygen atoms in total. The highest BCUT2D eigenvalue weighted by molar-refractivity contribution is 5.44. The van der Waals surface area contributed by atoms with Gasteiger partial charge in [0.2, 0.25) is 0 Å². The van der Waals surface area contributed by atoms with E-state index in [1.807, 2.05) is 6.20 Å². The van der Waals surface area contributed by atoms with Gasteiger partial charge in [-0.05, 0) is 56.2 Å². The lowest BCUT2D eigenvalue weighted by molar-refractivity contribution is 0.177. The molecule has 0 aliphatic carbocycles. The molecule has 0 amide bonds. The van der Waals surface area contributed by atoms with Crippen molar-refractivity contribution >= 4 is 5.82 Å². The van der Waals surface area contributed by atoms with E-state index in [1.165, 1.54) is 37.1 Å². The summed E-state index contributed by atoms with van der Waals surface area (Å²) in [5, 5.41) is 3.64. The number of piperidine rings is 1. The van der Waals surface area contributed by atoms with Gasteiger partial charge in [0.1, 0.15) is 5.82 Å². The van der Waals surface area contributed by atoms with Crippen molar-refractivity contribution in [2.45, 2.75) is 71.9 Å². The Morgan fingerprint density at radius 2 is 1.86 bits per heavy atom. The third kappa shape index (κ3) is 4.19. The zero-order chi connectivity index (χ0) is 15.6. The number of nitrogens with one attached hydrogen (secondary N) is 1. The van der Waals surface area contributed by atoms with E-state index in [0.717, 1.165) is 5.82 Å². The van der Waals surface area contributed by atoms with E-state index in [4.69, 9.17) is 0 Å². The van der Waals surface area contributed by atoms with Crippen LogP contribution in [0.25, 0.3) is 0 Å². The minimum Gasteiger partial charge on any atom is -0.367 e. The molecule has 1 aliphatic heterocycles. The van der Waals surface area contributed by atoms with E-state index in [1.54, 1.807) is 0 Å². The Bertz CT molecular complexity index is 466. The molecular formula is C18H31N3. The Kier molecular flexibility index (Phi) is 4.92. The third-order valence-electron chi connectivity index (χ3n) is 4.52. The lowest BCUT2D eigenvalue weighted by Gasteiger charge is -2.35. The van der Waals surface area contributed by atoms with Crippen LogP contribution in [-0.4, -0.2) is 35.1 Å². The quantitative estimate of drug-likeness (QED) is 0.912. The molecule has 2 rings (SSSR count). The van der Waals surface area contributed by atoms with E-state index in [0.29, 0.717) is 12.1 Å². The van der Waals surface area contributed by atoms with Crippen molar-refractivity contribution < 1.29 is 0 Å². The smallest absolute Gasteiger partial charge is 0.126 e. The Balaban J connectivity index is 2.01. The predicted octanol–water partition coefficient (Wildman–Crippen LogP) is 3.97. The SMILES string of the molecule is Cc1cnc(NC2CCN(C(C)C)CC2)cc1C(C)(C)C. The van der Waals surface area contributed by atoms with Crippen LogP contribution in [0.1, 0.15) is 58.6 Å². The predicted molar refractivity (Wildman–Crippen MR) is 91.0 cm³/mol. The van der Waals surface area contributed by atoms with E-state index in [2.05, 4.69) is 62.8 Å². The average molecular weight is 289 g/mol. The van der Waals surface area contributed by atoms with Gasteiger partial charge < -0.3 is 10.2 Å². The fourth-order valence-corrected chi connectivity index (χ4v) is 3.18. The van der Waals surface area contributed by atoms with Crippen molar-refractivity contribution in [3.8, 4) is 0 Å². The molecule has 1 saturated heterocycles. The van der Waals surface area contributed by atoms with E-state index < -0.39 is 0 Å². The molecule has 1 aliphatic rings. The van der Waals surface area contributed by atoms with Gasteiger partial charge in [-0.1, -0.05) is 20.8 Å². The Hall–Kier alpha value is -1.09. The molecule has 0 spiro atoms. The van der Waals surface area contributed by atoms with E-state index in [-0.39, 0.29) is 5.41 Å².